The van der Waals surface area contributed by atoms with E-state index in [9.17, 15) is 4.79 Å². The Morgan fingerprint density at radius 1 is 1.09 bits per heavy atom. The highest BCUT2D eigenvalue weighted by Crippen LogP contribution is 2.38. The summed E-state index contributed by atoms with van der Waals surface area (Å²) in [5.41, 5.74) is 1.22. The normalized spacial score (nSPS) is 24.0. The van der Waals surface area contributed by atoms with Crippen molar-refractivity contribution in [1.82, 2.24) is 4.90 Å². The van der Waals surface area contributed by atoms with Gasteiger partial charge in [-0.05, 0) is 30.9 Å². The molecule has 1 amide bonds. The van der Waals surface area contributed by atoms with Crippen molar-refractivity contribution in [3.05, 3.63) is 34.9 Å². The van der Waals surface area contributed by atoms with Gasteiger partial charge in [0.25, 0.3) is 0 Å². The minimum atomic E-state index is 0.288. The third kappa shape index (κ3) is 3.80. The quantitative estimate of drug-likeness (QED) is 0.762. The predicted octanol–water partition coefficient (Wildman–Crippen LogP) is 4.93. The number of benzene rings is 1. The maximum absolute atomic E-state index is 12.7. The molecule has 1 atom stereocenters. The van der Waals surface area contributed by atoms with Gasteiger partial charge in [0.05, 0.1) is 0 Å². The number of amides is 1. The number of hydrogen-bond donors (Lipinski definition) is 0. The second-order valence-corrected chi connectivity index (χ2v) is 8.05. The van der Waals surface area contributed by atoms with E-state index in [1.165, 1.54) is 24.8 Å². The van der Waals surface area contributed by atoms with Gasteiger partial charge < -0.3 is 4.90 Å². The molecular weight excluding hydrogens is 314 g/mol. The Morgan fingerprint density at radius 2 is 1.86 bits per heavy atom. The lowest BCUT2D eigenvalue weighted by molar-refractivity contribution is -0.136. The zero-order valence-corrected chi connectivity index (χ0v) is 14.5. The van der Waals surface area contributed by atoms with E-state index in [0.717, 1.165) is 43.1 Å². The van der Waals surface area contributed by atoms with Crippen molar-refractivity contribution >= 4 is 29.3 Å². The van der Waals surface area contributed by atoms with Crippen molar-refractivity contribution in [3.8, 4) is 0 Å². The highest BCUT2D eigenvalue weighted by atomic mass is 35.5. The first-order chi connectivity index (χ1) is 10.8. The zero-order chi connectivity index (χ0) is 15.4. The van der Waals surface area contributed by atoms with Crippen LogP contribution in [0.2, 0.25) is 5.02 Å². The van der Waals surface area contributed by atoms with Gasteiger partial charge in [0.2, 0.25) is 5.91 Å². The van der Waals surface area contributed by atoms with Crippen LogP contribution in [0, 0.1) is 5.92 Å². The SMILES string of the molecule is O=C(C1CCCCC1)N1CCSC(c2ccccc2Cl)CC1. The average Bonchev–Trinajstić information content (AvgIpc) is 2.81. The Kier molecular flexibility index (Phi) is 5.70. The summed E-state index contributed by atoms with van der Waals surface area (Å²) >= 11 is 8.28. The highest BCUT2D eigenvalue weighted by molar-refractivity contribution is 7.99. The van der Waals surface area contributed by atoms with Gasteiger partial charge in [-0.1, -0.05) is 49.1 Å². The fourth-order valence-corrected chi connectivity index (χ4v) is 5.18. The van der Waals surface area contributed by atoms with Crippen LogP contribution in [0.5, 0.6) is 0 Å². The smallest absolute Gasteiger partial charge is 0.225 e. The van der Waals surface area contributed by atoms with Crippen molar-refractivity contribution in [2.75, 3.05) is 18.8 Å². The molecule has 1 aromatic rings. The summed E-state index contributed by atoms with van der Waals surface area (Å²) in [6.45, 7) is 1.76. The summed E-state index contributed by atoms with van der Waals surface area (Å²) in [6, 6.07) is 8.12. The first-order valence-electron chi connectivity index (χ1n) is 8.40. The molecule has 1 aliphatic carbocycles. The Morgan fingerprint density at radius 3 is 2.64 bits per heavy atom. The molecule has 1 heterocycles. The van der Waals surface area contributed by atoms with Gasteiger partial charge in [-0.15, -0.1) is 0 Å². The molecule has 0 bridgehead atoms. The summed E-state index contributed by atoms with van der Waals surface area (Å²) in [7, 11) is 0. The fraction of sp³-hybridized carbons (Fsp3) is 0.611. The molecule has 1 saturated heterocycles. The van der Waals surface area contributed by atoms with Gasteiger partial charge in [0.1, 0.15) is 0 Å². The third-order valence-electron chi connectivity index (χ3n) is 4.86. The second kappa shape index (κ2) is 7.74. The fourth-order valence-electron chi connectivity index (χ4n) is 3.58. The molecule has 3 rings (SSSR count). The van der Waals surface area contributed by atoms with E-state index >= 15 is 0 Å². The molecule has 2 aliphatic rings. The number of carbonyl (C=O) groups is 1. The van der Waals surface area contributed by atoms with Gasteiger partial charge in [-0.2, -0.15) is 11.8 Å². The van der Waals surface area contributed by atoms with E-state index < -0.39 is 0 Å². The number of thioether (sulfide) groups is 1. The second-order valence-electron chi connectivity index (χ2n) is 6.33. The average molecular weight is 338 g/mol. The predicted molar refractivity (Wildman–Crippen MR) is 94.4 cm³/mol. The van der Waals surface area contributed by atoms with Gasteiger partial charge in [0, 0.05) is 35.0 Å². The largest absolute Gasteiger partial charge is 0.342 e. The molecule has 0 radical (unpaired) electrons. The van der Waals surface area contributed by atoms with Crippen LogP contribution in [0.4, 0.5) is 0 Å². The number of hydrogen-bond acceptors (Lipinski definition) is 2. The van der Waals surface area contributed by atoms with E-state index in [2.05, 4.69) is 17.0 Å². The number of halogens is 1. The summed E-state index contributed by atoms with van der Waals surface area (Å²) < 4.78 is 0. The zero-order valence-electron chi connectivity index (χ0n) is 13.0. The van der Waals surface area contributed by atoms with Gasteiger partial charge in [-0.3, -0.25) is 4.79 Å². The van der Waals surface area contributed by atoms with Crippen molar-refractivity contribution in [2.24, 2.45) is 5.92 Å². The van der Waals surface area contributed by atoms with Gasteiger partial charge in [0.15, 0.2) is 0 Å². The van der Waals surface area contributed by atoms with E-state index in [1.807, 2.05) is 23.9 Å². The van der Waals surface area contributed by atoms with Crippen molar-refractivity contribution in [2.45, 2.75) is 43.8 Å². The molecule has 1 unspecified atom stereocenters. The molecule has 4 heteroatoms. The maximum Gasteiger partial charge on any atom is 0.225 e. The topological polar surface area (TPSA) is 20.3 Å². The standard InChI is InChI=1S/C18H24ClNOS/c19-16-9-5-4-8-15(16)17-10-11-20(12-13-22-17)18(21)14-6-2-1-3-7-14/h4-5,8-9,14,17H,1-3,6-7,10-13H2. The number of rotatable bonds is 2. The van der Waals surface area contributed by atoms with Crippen LogP contribution in [0.1, 0.15) is 49.3 Å². The maximum atomic E-state index is 12.7. The van der Waals surface area contributed by atoms with E-state index in [4.69, 9.17) is 11.6 Å². The van der Waals surface area contributed by atoms with Crippen molar-refractivity contribution in [3.63, 3.8) is 0 Å². The van der Waals surface area contributed by atoms with Crippen LogP contribution >= 0.6 is 23.4 Å². The van der Waals surface area contributed by atoms with Gasteiger partial charge >= 0.3 is 0 Å². The minimum absolute atomic E-state index is 0.288. The molecule has 0 spiro atoms. The van der Waals surface area contributed by atoms with Crippen molar-refractivity contribution < 1.29 is 4.79 Å². The molecule has 22 heavy (non-hydrogen) atoms. The van der Waals surface area contributed by atoms with E-state index in [-0.39, 0.29) is 5.92 Å². The molecular formula is C18H24ClNOS. The summed E-state index contributed by atoms with van der Waals surface area (Å²) in [6.07, 6.45) is 6.94. The van der Waals surface area contributed by atoms with Crippen LogP contribution in [0.25, 0.3) is 0 Å². The monoisotopic (exact) mass is 337 g/mol. The summed E-state index contributed by atoms with van der Waals surface area (Å²) in [5, 5.41) is 1.27. The van der Waals surface area contributed by atoms with Crippen molar-refractivity contribution in [1.29, 1.82) is 0 Å². The van der Waals surface area contributed by atoms with E-state index in [1.54, 1.807) is 0 Å². The Balaban J connectivity index is 1.62. The van der Waals surface area contributed by atoms with Crippen LogP contribution < -0.4 is 0 Å². The molecule has 1 aromatic carbocycles. The molecule has 1 saturated carbocycles. The molecule has 2 fully saturated rings. The Labute approximate surface area is 142 Å². The van der Waals surface area contributed by atoms with Crippen LogP contribution in [-0.2, 0) is 4.79 Å². The first kappa shape index (κ1) is 16.2. The number of carbonyl (C=O) groups excluding carboxylic acids is 1. The summed E-state index contributed by atoms with van der Waals surface area (Å²) in [4.78, 5) is 14.8. The number of nitrogens with zero attached hydrogens (tertiary/aromatic N) is 1. The van der Waals surface area contributed by atoms with Gasteiger partial charge in [-0.25, -0.2) is 0 Å². The molecule has 0 N–H and O–H groups in total. The first-order valence-corrected chi connectivity index (χ1v) is 9.83. The Bertz CT molecular complexity index is 516. The summed E-state index contributed by atoms with van der Waals surface area (Å²) in [5.74, 6) is 1.70. The third-order valence-corrected chi connectivity index (χ3v) is 6.51. The lowest BCUT2D eigenvalue weighted by Gasteiger charge is -2.28. The molecule has 1 aliphatic heterocycles. The van der Waals surface area contributed by atoms with E-state index in [0.29, 0.717) is 11.2 Å². The lowest BCUT2D eigenvalue weighted by atomic mass is 9.88. The molecule has 2 nitrogen and oxygen atoms in total. The van der Waals surface area contributed by atoms with Crippen LogP contribution in [0.3, 0.4) is 0 Å². The van der Waals surface area contributed by atoms with Crippen LogP contribution in [0.15, 0.2) is 24.3 Å². The van der Waals surface area contributed by atoms with Crippen LogP contribution in [-0.4, -0.2) is 29.6 Å². The minimum Gasteiger partial charge on any atom is -0.342 e. The highest BCUT2D eigenvalue weighted by Gasteiger charge is 2.28. The molecule has 120 valence electrons. The molecule has 0 aromatic heterocycles. The lowest BCUT2D eigenvalue weighted by Crippen LogP contribution is -2.38. The Hall–Kier alpha value is -0.670.